The quantitative estimate of drug-likeness (QED) is 0.600. The maximum Gasteiger partial charge on any atom is 0.246 e. The largest absolute Gasteiger partial charge is 0.369 e. The van der Waals surface area contributed by atoms with Crippen LogP contribution >= 0.6 is 0 Å². The summed E-state index contributed by atoms with van der Waals surface area (Å²) in [5.41, 5.74) is 0. The Morgan fingerprint density at radius 2 is 1.87 bits per heavy atom. The van der Waals surface area contributed by atoms with Gasteiger partial charge in [-0.1, -0.05) is 32.6 Å². The van der Waals surface area contributed by atoms with Gasteiger partial charge in [0.1, 0.15) is 6.61 Å². The normalized spacial score (nSPS) is 10.7. The van der Waals surface area contributed by atoms with Gasteiger partial charge in [0.15, 0.2) is 0 Å². The van der Waals surface area contributed by atoms with E-state index in [1.165, 1.54) is 25.7 Å². The molecule has 3 nitrogen and oxygen atoms in total. The number of unbranched alkanes of at least 4 members (excludes halogenated alkanes) is 4. The van der Waals surface area contributed by atoms with E-state index in [0.717, 1.165) is 13.0 Å². The molecule has 0 unspecified atom stereocenters. The number of nitrogens with one attached hydrogen (secondary N) is 1. The molecule has 0 aliphatic rings. The van der Waals surface area contributed by atoms with Crippen LogP contribution in [-0.4, -0.2) is 25.2 Å². The van der Waals surface area contributed by atoms with Gasteiger partial charge in [-0.3, -0.25) is 4.79 Å². The number of amides is 1. The van der Waals surface area contributed by atoms with Gasteiger partial charge in [0, 0.05) is 6.54 Å². The first-order valence-corrected chi connectivity index (χ1v) is 6.05. The smallest absolute Gasteiger partial charge is 0.246 e. The van der Waals surface area contributed by atoms with Crippen molar-refractivity contribution in [3.05, 3.63) is 0 Å². The van der Waals surface area contributed by atoms with Gasteiger partial charge in [-0.05, 0) is 20.3 Å². The molecule has 0 aromatic rings. The maximum atomic E-state index is 11.2. The predicted octanol–water partition coefficient (Wildman–Crippen LogP) is 2.50. The summed E-state index contributed by atoms with van der Waals surface area (Å²) in [7, 11) is 0. The molecule has 0 saturated carbocycles. The first-order chi connectivity index (χ1) is 7.16. The lowest BCUT2D eigenvalue weighted by Crippen LogP contribution is -2.29. The lowest BCUT2D eigenvalue weighted by Gasteiger charge is -2.08. The van der Waals surface area contributed by atoms with E-state index in [9.17, 15) is 4.79 Å². The highest BCUT2D eigenvalue weighted by Crippen LogP contribution is 2.00. The highest BCUT2D eigenvalue weighted by Gasteiger charge is 2.01. The monoisotopic (exact) mass is 215 g/mol. The van der Waals surface area contributed by atoms with Crippen molar-refractivity contribution in [2.24, 2.45) is 0 Å². The molecule has 0 radical (unpaired) electrons. The summed E-state index contributed by atoms with van der Waals surface area (Å²) < 4.78 is 5.19. The molecule has 0 aliphatic carbocycles. The summed E-state index contributed by atoms with van der Waals surface area (Å²) in [5, 5.41) is 2.85. The average Bonchev–Trinajstić information content (AvgIpc) is 2.20. The van der Waals surface area contributed by atoms with Crippen LogP contribution in [0.2, 0.25) is 0 Å². The van der Waals surface area contributed by atoms with E-state index in [2.05, 4.69) is 12.2 Å². The van der Waals surface area contributed by atoms with Gasteiger partial charge in [-0.15, -0.1) is 0 Å². The molecule has 15 heavy (non-hydrogen) atoms. The minimum atomic E-state index is -0.000749. The molecule has 0 aromatic heterocycles. The van der Waals surface area contributed by atoms with Crippen molar-refractivity contribution in [2.75, 3.05) is 13.2 Å². The van der Waals surface area contributed by atoms with E-state index >= 15 is 0 Å². The van der Waals surface area contributed by atoms with E-state index in [1.54, 1.807) is 0 Å². The lowest BCUT2D eigenvalue weighted by molar-refractivity contribution is -0.127. The first-order valence-electron chi connectivity index (χ1n) is 6.05. The number of hydrogen-bond acceptors (Lipinski definition) is 2. The zero-order valence-electron chi connectivity index (χ0n) is 10.3. The highest BCUT2D eigenvalue weighted by molar-refractivity contribution is 5.77. The number of rotatable bonds is 9. The lowest BCUT2D eigenvalue weighted by atomic mass is 10.1. The molecule has 0 heterocycles. The Morgan fingerprint density at radius 3 is 2.47 bits per heavy atom. The summed E-state index contributed by atoms with van der Waals surface area (Å²) >= 11 is 0. The van der Waals surface area contributed by atoms with Crippen LogP contribution in [0.4, 0.5) is 0 Å². The van der Waals surface area contributed by atoms with E-state index < -0.39 is 0 Å². The fourth-order valence-corrected chi connectivity index (χ4v) is 1.25. The van der Waals surface area contributed by atoms with Gasteiger partial charge >= 0.3 is 0 Å². The zero-order valence-corrected chi connectivity index (χ0v) is 10.3. The molecular weight excluding hydrogens is 190 g/mol. The molecule has 0 rings (SSSR count). The third-order valence-electron chi connectivity index (χ3n) is 2.15. The van der Waals surface area contributed by atoms with Crippen LogP contribution in [0.25, 0.3) is 0 Å². The second kappa shape index (κ2) is 9.97. The molecule has 90 valence electrons. The molecule has 0 spiro atoms. The van der Waals surface area contributed by atoms with Gasteiger partial charge in [-0.2, -0.15) is 0 Å². The minimum Gasteiger partial charge on any atom is -0.369 e. The van der Waals surface area contributed by atoms with Crippen molar-refractivity contribution in [1.82, 2.24) is 5.32 Å². The molecule has 0 bridgehead atoms. The Hall–Kier alpha value is -0.570. The summed E-state index contributed by atoms with van der Waals surface area (Å²) in [5.74, 6) is -0.000749. The first kappa shape index (κ1) is 14.4. The standard InChI is InChI=1S/C12H25NO2/c1-4-5-6-7-8-9-13-12(14)10-15-11(2)3/h11H,4-10H2,1-3H3,(H,13,14). The average molecular weight is 215 g/mol. The Morgan fingerprint density at radius 1 is 1.20 bits per heavy atom. The number of hydrogen-bond donors (Lipinski definition) is 1. The van der Waals surface area contributed by atoms with E-state index in [0.29, 0.717) is 0 Å². The number of ether oxygens (including phenoxy) is 1. The Kier molecular flexibility index (Phi) is 9.59. The third kappa shape index (κ3) is 11.4. The Labute approximate surface area is 93.6 Å². The summed E-state index contributed by atoms with van der Waals surface area (Å²) in [6, 6.07) is 0. The second-order valence-electron chi connectivity index (χ2n) is 4.12. The fraction of sp³-hybridized carbons (Fsp3) is 0.917. The molecule has 3 heteroatoms. The van der Waals surface area contributed by atoms with Crippen LogP contribution in [0.3, 0.4) is 0 Å². The molecule has 0 aromatic carbocycles. The molecule has 0 aliphatic heterocycles. The Bertz CT molecular complexity index is 158. The van der Waals surface area contributed by atoms with Crippen molar-refractivity contribution < 1.29 is 9.53 Å². The van der Waals surface area contributed by atoms with Crippen LogP contribution < -0.4 is 5.32 Å². The van der Waals surface area contributed by atoms with Crippen molar-refractivity contribution in [3.8, 4) is 0 Å². The van der Waals surface area contributed by atoms with Gasteiger partial charge in [0.05, 0.1) is 6.10 Å². The molecule has 1 amide bonds. The van der Waals surface area contributed by atoms with Crippen molar-refractivity contribution >= 4 is 5.91 Å². The molecular formula is C12H25NO2. The van der Waals surface area contributed by atoms with Gasteiger partial charge in [0.2, 0.25) is 5.91 Å². The predicted molar refractivity (Wildman–Crippen MR) is 62.9 cm³/mol. The van der Waals surface area contributed by atoms with E-state index in [1.807, 2.05) is 13.8 Å². The summed E-state index contributed by atoms with van der Waals surface area (Å²) in [6.45, 7) is 7.03. The van der Waals surface area contributed by atoms with Gasteiger partial charge in [-0.25, -0.2) is 0 Å². The van der Waals surface area contributed by atoms with Crippen LogP contribution in [-0.2, 0) is 9.53 Å². The van der Waals surface area contributed by atoms with Crippen LogP contribution in [0.1, 0.15) is 52.9 Å². The number of carbonyl (C=O) groups is 1. The van der Waals surface area contributed by atoms with Crippen LogP contribution in [0.5, 0.6) is 0 Å². The minimum absolute atomic E-state index is 0.000749. The molecule has 1 N–H and O–H groups in total. The summed E-state index contributed by atoms with van der Waals surface area (Å²) in [4.78, 5) is 11.2. The maximum absolute atomic E-state index is 11.2. The summed E-state index contributed by atoms with van der Waals surface area (Å²) in [6.07, 6.45) is 6.24. The van der Waals surface area contributed by atoms with Crippen molar-refractivity contribution in [2.45, 2.75) is 59.0 Å². The van der Waals surface area contributed by atoms with Crippen LogP contribution in [0.15, 0.2) is 0 Å². The van der Waals surface area contributed by atoms with E-state index in [-0.39, 0.29) is 18.6 Å². The molecule has 0 atom stereocenters. The zero-order chi connectivity index (χ0) is 11.5. The van der Waals surface area contributed by atoms with Gasteiger partial charge in [0.25, 0.3) is 0 Å². The third-order valence-corrected chi connectivity index (χ3v) is 2.15. The molecule has 0 fully saturated rings. The van der Waals surface area contributed by atoms with Crippen molar-refractivity contribution in [1.29, 1.82) is 0 Å². The van der Waals surface area contributed by atoms with Crippen LogP contribution in [0, 0.1) is 0 Å². The topological polar surface area (TPSA) is 38.3 Å². The van der Waals surface area contributed by atoms with E-state index in [4.69, 9.17) is 4.74 Å². The number of carbonyl (C=O) groups excluding carboxylic acids is 1. The van der Waals surface area contributed by atoms with Crippen molar-refractivity contribution in [3.63, 3.8) is 0 Å². The molecule has 0 saturated heterocycles. The Balaban J connectivity index is 3.17. The highest BCUT2D eigenvalue weighted by atomic mass is 16.5. The second-order valence-corrected chi connectivity index (χ2v) is 4.12. The fourth-order valence-electron chi connectivity index (χ4n) is 1.25. The van der Waals surface area contributed by atoms with Gasteiger partial charge < -0.3 is 10.1 Å². The SMILES string of the molecule is CCCCCCCNC(=O)COC(C)C.